The first kappa shape index (κ1) is 22.2. The van der Waals surface area contributed by atoms with Crippen LogP contribution in [-0.4, -0.2) is 72.9 Å². The minimum Gasteiger partial charge on any atom is -0.369 e. The Labute approximate surface area is 179 Å². The number of nitrogens with zero attached hydrogens (tertiary/aromatic N) is 3. The molecule has 1 aliphatic heterocycles. The van der Waals surface area contributed by atoms with Crippen LogP contribution < -0.4 is 11.1 Å². The number of aromatic nitrogens is 1. The number of sulfonamides is 1. The van der Waals surface area contributed by atoms with E-state index in [1.165, 1.54) is 34.5 Å². The number of pyridine rings is 1. The average molecular weight is 450 g/mol. The topological polar surface area (TPSA) is 126 Å². The summed E-state index contributed by atoms with van der Waals surface area (Å²) >= 11 is 1.26. The molecule has 1 fully saturated rings. The third-order valence-electron chi connectivity index (χ3n) is 4.50. The maximum atomic E-state index is 12.7. The van der Waals surface area contributed by atoms with Crippen LogP contribution in [0.4, 0.5) is 5.69 Å². The van der Waals surface area contributed by atoms with Crippen LogP contribution in [0, 0.1) is 0 Å². The van der Waals surface area contributed by atoms with Crippen molar-refractivity contribution in [2.75, 3.05) is 43.8 Å². The van der Waals surface area contributed by atoms with E-state index in [4.69, 9.17) is 5.73 Å². The molecule has 1 aliphatic rings. The predicted octanol–water partition coefficient (Wildman–Crippen LogP) is 0.604. The molecule has 0 radical (unpaired) electrons. The van der Waals surface area contributed by atoms with Gasteiger partial charge in [-0.2, -0.15) is 4.31 Å². The SMILES string of the molecule is NC(=O)CSc1ccccc1NC(=O)CN1CCN(S(=O)(=O)c2cccnc2)CC1. The lowest BCUT2D eigenvalue weighted by Crippen LogP contribution is -2.50. The summed E-state index contributed by atoms with van der Waals surface area (Å²) in [5.41, 5.74) is 5.81. The summed E-state index contributed by atoms with van der Waals surface area (Å²) in [5, 5.41) is 2.86. The number of carbonyl (C=O) groups excluding carboxylic acids is 2. The first-order valence-electron chi connectivity index (χ1n) is 9.29. The lowest BCUT2D eigenvalue weighted by atomic mass is 10.3. The second kappa shape index (κ2) is 10.0. The van der Waals surface area contributed by atoms with E-state index in [9.17, 15) is 18.0 Å². The molecule has 3 N–H and O–H groups in total. The van der Waals surface area contributed by atoms with Gasteiger partial charge in [0.25, 0.3) is 0 Å². The molecular formula is C19H23N5O4S2. The van der Waals surface area contributed by atoms with E-state index < -0.39 is 15.9 Å². The first-order chi connectivity index (χ1) is 14.4. The van der Waals surface area contributed by atoms with Crippen LogP contribution in [0.5, 0.6) is 0 Å². The maximum Gasteiger partial charge on any atom is 0.244 e. The number of para-hydroxylation sites is 1. The summed E-state index contributed by atoms with van der Waals surface area (Å²) in [6.45, 7) is 1.65. The Balaban J connectivity index is 1.53. The molecule has 0 saturated carbocycles. The highest BCUT2D eigenvalue weighted by atomic mass is 32.2. The minimum absolute atomic E-state index is 0.125. The van der Waals surface area contributed by atoms with Gasteiger partial charge in [-0.1, -0.05) is 12.1 Å². The van der Waals surface area contributed by atoms with Crippen molar-refractivity contribution < 1.29 is 18.0 Å². The van der Waals surface area contributed by atoms with E-state index >= 15 is 0 Å². The summed E-state index contributed by atoms with van der Waals surface area (Å²) in [4.78, 5) is 30.2. The number of anilines is 1. The number of amides is 2. The number of hydrogen-bond acceptors (Lipinski definition) is 7. The zero-order valence-electron chi connectivity index (χ0n) is 16.2. The Morgan fingerprint density at radius 3 is 2.50 bits per heavy atom. The van der Waals surface area contributed by atoms with E-state index in [0.29, 0.717) is 31.9 Å². The van der Waals surface area contributed by atoms with Crippen molar-refractivity contribution in [3.63, 3.8) is 0 Å². The number of piperazine rings is 1. The summed E-state index contributed by atoms with van der Waals surface area (Å²) in [6.07, 6.45) is 2.86. The Morgan fingerprint density at radius 1 is 1.10 bits per heavy atom. The van der Waals surface area contributed by atoms with Crippen LogP contribution in [0.15, 0.2) is 58.6 Å². The molecule has 1 aromatic heterocycles. The zero-order chi connectivity index (χ0) is 21.6. The fourth-order valence-electron chi connectivity index (χ4n) is 3.01. The number of primary amides is 1. The van der Waals surface area contributed by atoms with Gasteiger partial charge in [-0.15, -0.1) is 11.8 Å². The van der Waals surface area contributed by atoms with Crippen LogP contribution >= 0.6 is 11.8 Å². The van der Waals surface area contributed by atoms with Crippen molar-refractivity contribution in [3.05, 3.63) is 48.8 Å². The number of carbonyl (C=O) groups is 2. The third-order valence-corrected chi connectivity index (χ3v) is 7.48. The molecule has 0 aliphatic carbocycles. The Hall–Kier alpha value is -2.47. The van der Waals surface area contributed by atoms with Crippen LogP contribution in [0.3, 0.4) is 0 Å². The van der Waals surface area contributed by atoms with Crippen molar-refractivity contribution in [2.24, 2.45) is 5.73 Å². The van der Waals surface area contributed by atoms with Gasteiger partial charge in [0.1, 0.15) is 4.90 Å². The maximum absolute atomic E-state index is 12.7. The number of hydrogen-bond donors (Lipinski definition) is 2. The Kier molecular flexibility index (Phi) is 7.43. The molecule has 160 valence electrons. The van der Waals surface area contributed by atoms with Crippen molar-refractivity contribution >= 4 is 39.3 Å². The quantitative estimate of drug-likeness (QED) is 0.565. The molecule has 2 heterocycles. The molecule has 0 bridgehead atoms. The number of thioether (sulfide) groups is 1. The van der Waals surface area contributed by atoms with Crippen LogP contribution in [-0.2, 0) is 19.6 Å². The van der Waals surface area contributed by atoms with Gasteiger partial charge in [0.15, 0.2) is 0 Å². The molecule has 11 heteroatoms. The van der Waals surface area contributed by atoms with E-state index in [1.807, 2.05) is 17.0 Å². The summed E-state index contributed by atoms with van der Waals surface area (Å²) in [6, 6.07) is 10.3. The van der Waals surface area contributed by atoms with Crippen molar-refractivity contribution in [1.82, 2.24) is 14.2 Å². The van der Waals surface area contributed by atoms with Crippen molar-refractivity contribution in [1.29, 1.82) is 0 Å². The molecule has 0 unspecified atom stereocenters. The van der Waals surface area contributed by atoms with Gasteiger partial charge >= 0.3 is 0 Å². The van der Waals surface area contributed by atoms with Crippen LogP contribution in [0.2, 0.25) is 0 Å². The molecule has 1 aromatic carbocycles. The standard InChI is InChI=1S/C19H23N5O4S2/c20-18(25)14-29-17-6-2-1-5-16(17)22-19(26)13-23-8-10-24(11-9-23)30(27,28)15-4-3-7-21-12-15/h1-7,12H,8-11,13-14H2,(H2,20,25)(H,22,26). The van der Waals surface area contributed by atoms with Gasteiger partial charge in [0, 0.05) is 43.5 Å². The Morgan fingerprint density at radius 2 is 1.83 bits per heavy atom. The van der Waals surface area contributed by atoms with E-state index in [1.54, 1.807) is 18.2 Å². The number of nitrogens with one attached hydrogen (secondary N) is 1. The largest absolute Gasteiger partial charge is 0.369 e. The molecule has 0 atom stereocenters. The lowest BCUT2D eigenvalue weighted by Gasteiger charge is -2.33. The van der Waals surface area contributed by atoms with Crippen molar-refractivity contribution in [2.45, 2.75) is 9.79 Å². The fourth-order valence-corrected chi connectivity index (χ4v) is 5.15. The molecule has 3 rings (SSSR count). The predicted molar refractivity (Wildman–Crippen MR) is 114 cm³/mol. The van der Waals surface area contributed by atoms with Gasteiger partial charge in [-0.3, -0.25) is 19.5 Å². The second-order valence-corrected chi connectivity index (χ2v) is 9.62. The average Bonchev–Trinajstić information content (AvgIpc) is 2.74. The highest BCUT2D eigenvalue weighted by Gasteiger charge is 2.29. The number of nitrogens with two attached hydrogens (primary N) is 1. The van der Waals surface area contributed by atoms with Gasteiger partial charge in [0.05, 0.1) is 18.0 Å². The minimum atomic E-state index is -3.58. The van der Waals surface area contributed by atoms with Gasteiger partial charge in [-0.25, -0.2) is 8.42 Å². The fraction of sp³-hybridized carbons (Fsp3) is 0.316. The molecule has 1 saturated heterocycles. The number of rotatable bonds is 8. The molecule has 2 aromatic rings. The van der Waals surface area contributed by atoms with Crippen LogP contribution in [0.25, 0.3) is 0 Å². The molecule has 2 amide bonds. The smallest absolute Gasteiger partial charge is 0.244 e. The zero-order valence-corrected chi connectivity index (χ0v) is 17.9. The normalized spacial score (nSPS) is 15.6. The molecule has 9 nitrogen and oxygen atoms in total. The molecule has 30 heavy (non-hydrogen) atoms. The lowest BCUT2D eigenvalue weighted by molar-refractivity contribution is -0.117. The van der Waals surface area contributed by atoms with Gasteiger partial charge in [0.2, 0.25) is 21.8 Å². The highest BCUT2D eigenvalue weighted by molar-refractivity contribution is 8.00. The van der Waals surface area contributed by atoms with E-state index in [2.05, 4.69) is 10.3 Å². The summed E-state index contributed by atoms with van der Waals surface area (Å²) in [7, 11) is -3.58. The molecular weight excluding hydrogens is 426 g/mol. The summed E-state index contributed by atoms with van der Waals surface area (Å²) in [5.74, 6) is -0.508. The highest BCUT2D eigenvalue weighted by Crippen LogP contribution is 2.26. The van der Waals surface area contributed by atoms with E-state index in [-0.39, 0.29) is 23.1 Å². The van der Waals surface area contributed by atoms with Gasteiger partial charge < -0.3 is 11.1 Å². The third kappa shape index (κ3) is 5.79. The van der Waals surface area contributed by atoms with Crippen LogP contribution in [0.1, 0.15) is 0 Å². The van der Waals surface area contributed by atoms with Gasteiger partial charge in [-0.05, 0) is 24.3 Å². The second-order valence-electron chi connectivity index (χ2n) is 6.67. The monoisotopic (exact) mass is 449 g/mol. The van der Waals surface area contributed by atoms with Crippen molar-refractivity contribution in [3.8, 4) is 0 Å². The first-order valence-corrected chi connectivity index (χ1v) is 11.7. The van der Waals surface area contributed by atoms with E-state index in [0.717, 1.165) is 4.90 Å². The summed E-state index contributed by atoms with van der Waals surface area (Å²) < 4.78 is 26.7. The Bertz CT molecular complexity index is 993. The molecule has 0 spiro atoms. The number of benzene rings is 1.